The third-order valence-electron chi connectivity index (χ3n) is 8.99. The molecule has 1 aromatic carbocycles. The number of carbonyl (C=O) groups excluding carboxylic acids is 1. The van der Waals surface area contributed by atoms with Crippen LogP contribution in [-0.4, -0.2) is 55.2 Å². The van der Waals surface area contributed by atoms with Crippen molar-refractivity contribution < 1.29 is 14.4 Å². The number of nitrogens with zero attached hydrogens (tertiary/aromatic N) is 5. The molecule has 1 aliphatic heterocycles. The van der Waals surface area contributed by atoms with Crippen molar-refractivity contribution >= 4 is 17.1 Å². The molecule has 1 unspecified atom stereocenters. The standard InChI is InChI=1S/C31H43N5O2/c1-5-18-34(27-16-8-12-24-13-9-17-32-29(24)27)21-28-33-25-14-6-7-15-26(25)35(28)20-23-11-10-19-36(22-23,30(37)38)31(2,3)4/h6-7,9,13-15,17,23,27H,5,8,10-12,16,18-22H2,1-4H3/t23-,27+,36?/m1/s1. The maximum absolute atomic E-state index is 12.5. The van der Waals surface area contributed by atoms with Gasteiger partial charge in [0.1, 0.15) is 5.82 Å². The Hall–Kier alpha value is -2.77. The normalized spacial score (nSPS) is 24.0. The second-order valence-corrected chi connectivity index (χ2v) is 12.4. The minimum Gasteiger partial charge on any atom is -0.498 e. The number of aromatic nitrogens is 3. The van der Waals surface area contributed by atoms with Crippen LogP contribution in [0.1, 0.15) is 82.9 Å². The highest BCUT2D eigenvalue weighted by atomic mass is 16.4. The smallest absolute Gasteiger partial charge is 0.257 e. The number of benzene rings is 1. The fourth-order valence-corrected chi connectivity index (χ4v) is 6.93. The highest BCUT2D eigenvalue weighted by molar-refractivity contribution is 5.75. The molecule has 1 saturated heterocycles. The number of imidazole rings is 1. The third-order valence-corrected chi connectivity index (χ3v) is 8.99. The van der Waals surface area contributed by atoms with E-state index in [0.717, 1.165) is 68.6 Å². The number of piperidine rings is 1. The van der Waals surface area contributed by atoms with Crippen molar-refractivity contribution in [3.63, 3.8) is 0 Å². The van der Waals surface area contributed by atoms with Crippen LogP contribution in [0, 0.1) is 5.92 Å². The van der Waals surface area contributed by atoms with Crippen molar-refractivity contribution in [2.75, 3.05) is 19.6 Å². The first-order chi connectivity index (χ1) is 18.2. The lowest BCUT2D eigenvalue weighted by Gasteiger charge is -2.52. The summed E-state index contributed by atoms with van der Waals surface area (Å²) in [6, 6.07) is 13.0. The minimum absolute atomic E-state index is 0.0200. The number of aryl methyl sites for hydroxylation is 1. The van der Waals surface area contributed by atoms with Gasteiger partial charge in [-0.25, -0.2) is 4.98 Å². The van der Waals surface area contributed by atoms with Crippen molar-refractivity contribution in [2.24, 2.45) is 5.92 Å². The van der Waals surface area contributed by atoms with E-state index in [4.69, 9.17) is 9.97 Å². The Labute approximate surface area is 227 Å². The Morgan fingerprint density at radius 1 is 1.16 bits per heavy atom. The Kier molecular flexibility index (Phi) is 7.60. The van der Waals surface area contributed by atoms with Gasteiger partial charge < -0.3 is 14.5 Å². The maximum Gasteiger partial charge on any atom is 0.257 e. The number of fused-ring (bicyclic) bond motifs is 2. The van der Waals surface area contributed by atoms with Gasteiger partial charge in [0, 0.05) is 18.7 Å². The van der Waals surface area contributed by atoms with E-state index in [0.29, 0.717) is 19.1 Å². The quantitative estimate of drug-likeness (QED) is 0.408. The lowest BCUT2D eigenvalue weighted by molar-refractivity contribution is -0.927. The van der Waals surface area contributed by atoms with Gasteiger partial charge in [-0.05, 0) is 89.6 Å². The number of rotatable bonds is 7. The zero-order valence-corrected chi connectivity index (χ0v) is 23.5. The predicted molar refractivity (Wildman–Crippen MR) is 148 cm³/mol. The average molecular weight is 518 g/mol. The monoisotopic (exact) mass is 517 g/mol. The fourth-order valence-electron chi connectivity index (χ4n) is 6.93. The number of amides is 1. The Morgan fingerprint density at radius 2 is 1.97 bits per heavy atom. The van der Waals surface area contributed by atoms with Crippen molar-refractivity contribution in [1.82, 2.24) is 19.4 Å². The first-order valence-electron chi connectivity index (χ1n) is 14.4. The molecular weight excluding hydrogens is 474 g/mol. The second-order valence-electron chi connectivity index (χ2n) is 12.4. The summed E-state index contributed by atoms with van der Waals surface area (Å²) in [6.45, 7) is 12.1. The zero-order valence-electron chi connectivity index (χ0n) is 23.5. The number of quaternary nitrogens is 1. The molecule has 3 aromatic rings. The summed E-state index contributed by atoms with van der Waals surface area (Å²) in [4.78, 5) is 25.0. The van der Waals surface area contributed by atoms with Crippen LogP contribution in [0.3, 0.4) is 0 Å². The number of hydrogen-bond donors (Lipinski definition) is 0. The molecule has 3 heterocycles. The SMILES string of the molecule is CCCN(Cc1nc2ccccc2n1C[C@H]1CCC[N+](C(=O)[O-])(C(C)(C)C)C1)[C@H]1CCCc2cccnc21. The van der Waals surface area contributed by atoms with Crippen LogP contribution in [0.2, 0.25) is 0 Å². The summed E-state index contributed by atoms with van der Waals surface area (Å²) in [5, 5.41) is 12.5. The maximum atomic E-state index is 12.5. The Balaban J connectivity index is 1.47. The molecule has 1 fully saturated rings. The molecule has 204 valence electrons. The van der Waals surface area contributed by atoms with Crippen LogP contribution in [0.25, 0.3) is 11.0 Å². The molecule has 1 aliphatic carbocycles. The summed E-state index contributed by atoms with van der Waals surface area (Å²) in [5.41, 5.74) is 4.33. The number of carbonyl (C=O) groups is 1. The van der Waals surface area contributed by atoms with Crippen molar-refractivity contribution in [1.29, 1.82) is 0 Å². The van der Waals surface area contributed by atoms with E-state index in [1.165, 1.54) is 17.7 Å². The first kappa shape index (κ1) is 26.8. The molecule has 0 saturated carbocycles. The minimum atomic E-state index is -0.949. The largest absolute Gasteiger partial charge is 0.498 e. The summed E-state index contributed by atoms with van der Waals surface area (Å²) >= 11 is 0. The first-order valence-corrected chi connectivity index (χ1v) is 14.4. The van der Waals surface area contributed by atoms with E-state index < -0.39 is 11.6 Å². The van der Waals surface area contributed by atoms with Gasteiger partial charge in [-0.3, -0.25) is 14.4 Å². The molecule has 5 rings (SSSR count). The van der Waals surface area contributed by atoms with Crippen LogP contribution in [0.15, 0.2) is 42.6 Å². The molecule has 0 N–H and O–H groups in total. The fraction of sp³-hybridized carbons (Fsp3) is 0.581. The Bertz CT molecular complexity index is 1280. The molecule has 0 radical (unpaired) electrons. The number of hydrogen-bond acceptors (Lipinski definition) is 5. The van der Waals surface area contributed by atoms with Gasteiger partial charge >= 0.3 is 0 Å². The lowest BCUT2D eigenvalue weighted by atomic mass is 9.89. The lowest BCUT2D eigenvalue weighted by Crippen LogP contribution is -2.70. The van der Waals surface area contributed by atoms with Crippen LogP contribution < -0.4 is 5.11 Å². The number of carboxylic acid groups (broad SMARTS) is 1. The van der Waals surface area contributed by atoms with E-state index in [1.54, 1.807) is 0 Å². The van der Waals surface area contributed by atoms with Gasteiger partial charge in [-0.15, -0.1) is 0 Å². The molecule has 7 heteroatoms. The van der Waals surface area contributed by atoms with E-state index in [2.05, 4.69) is 46.7 Å². The van der Waals surface area contributed by atoms with Gasteiger partial charge in [-0.2, -0.15) is 0 Å². The number of pyridine rings is 1. The van der Waals surface area contributed by atoms with Gasteiger partial charge in [-0.1, -0.05) is 25.1 Å². The molecule has 0 spiro atoms. The summed E-state index contributed by atoms with van der Waals surface area (Å²) in [6.07, 6.45) is 7.36. The number of para-hydroxylation sites is 2. The van der Waals surface area contributed by atoms with E-state index in [9.17, 15) is 9.90 Å². The second kappa shape index (κ2) is 10.8. The van der Waals surface area contributed by atoms with Crippen LogP contribution in [0.5, 0.6) is 0 Å². The van der Waals surface area contributed by atoms with Crippen LogP contribution >= 0.6 is 0 Å². The molecule has 0 bridgehead atoms. The van der Waals surface area contributed by atoms with E-state index in [1.807, 2.05) is 33.0 Å². The molecule has 7 nitrogen and oxygen atoms in total. The topological polar surface area (TPSA) is 74.1 Å². The third kappa shape index (κ3) is 4.98. The molecule has 3 atom stereocenters. The van der Waals surface area contributed by atoms with Gasteiger partial charge in [0.15, 0.2) is 0 Å². The molecule has 2 aromatic heterocycles. The zero-order chi connectivity index (χ0) is 26.9. The average Bonchev–Trinajstić information content (AvgIpc) is 3.24. The van der Waals surface area contributed by atoms with Gasteiger partial charge in [0.05, 0.1) is 47.9 Å². The highest BCUT2D eigenvalue weighted by Crippen LogP contribution is 2.36. The van der Waals surface area contributed by atoms with Crippen LogP contribution in [-0.2, 0) is 19.5 Å². The van der Waals surface area contributed by atoms with E-state index >= 15 is 0 Å². The van der Waals surface area contributed by atoms with Crippen molar-refractivity contribution in [2.45, 2.75) is 90.9 Å². The highest BCUT2D eigenvalue weighted by Gasteiger charge is 2.46. The molecule has 1 amide bonds. The predicted octanol–water partition coefficient (Wildman–Crippen LogP) is 5.09. The summed E-state index contributed by atoms with van der Waals surface area (Å²) in [5.74, 6) is 1.31. The summed E-state index contributed by atoms with van der Waals surface area (Å²) in [7, 11) is 0. The Morgan fingerprint density at radius 3 is 2.74 bits per heavy atom. The van der Waals surface area contributed by atoms with Crippen molar-refractivity contribution in [3.05, 3.63) is 59.7 Å². The molecule has 38 heavy (non-hydrogen) atoms. The molecule has 2 aliphatic rings. The van der Waals surface area contributed by atoms with Gasteiger partial charge in [0.25, 0.3) is 6.09 Å². The number of likely N-dealkylation sites (tertiary alicyclic amines) is 1. The van der Waals surface area contributed by atoms with Crippen LogP contribution in [0.4, 0.5) is 4.79 Å². The van der Waals surface area contributed by atoms with Gasteiger partial charge in [0.2, 0.25) is 0 Å². The summed E-state index contributed by atoms with van der Waals surface area (Å²) < 4.78 is 2.40. The van der Waals surface area contributed by atoms with Crippen molar-refractivity contribution in [3.8, 4) is 0 Å². The molecular formula is C31H43N5O2. The van der Waals surface area contributed by atoms with E-state index in [-0.39, 0.29) is 10.4 Å².